The highest BCUT2D eigenvalue weighted by Crippen LogP contribution is 2.44. The van der Waals surface area contributed by atoms with E-state index in [0.29, 0.717) is 11.1 Å². The Balaban J connectivity index is 1.96. The van der Waals surface area contributed by atoms with Gasteiger partial charge >= 0.3 is 6.18 Å². The fourth-order valence-electron chi connectivity index (χ4n) is 3.54. The van der Waals surface area contributed by atoms with Gasteiger partial charge < -0.3 is 15.4 Å². The number of furan rings is 1. The summed E-state index contributed by atoms with van der Waals surface area (Å²) in [6, 6.07) is 10.9. The number of oxime groups is 1. The van der Waals surface area contributed by atoms with Gasteiger partial charge in [-0.25, -0.2) is 14.4 Å². The first kappa shape index (κ1) is 21.3. The maximum atomic E-state index is 15.4. The topological polar surface area (TPSA) is 97.5 Å². The molecule has 3 aromatic rings. The van der Waals surface area contributed by atoms with Gasteiger partial charge in [0, 0.05) is 5.56 Å². The van der Waals surface area contributed by atoms with Crippen molar-refractivity contribution >= 4 is 11.4 Å². The minimum absolute atomic E-state index is 0.148. The Morgan fingerprint density at radius 1 is 1.09 bits per heavy atom. The van der Waals surface area contributed by atoms with E-state index in [1.807, 2.05) is 0 Å². The minimum atomic E-state index is -4.85. The van der Waals surface area contributed by atoms with Crippen LogP contribution in [0.15, 0.2) is 82.5 Å². The lowest BCUT2D eigenvalue weighted by atomic mass is 9.73. The smallest absolute Gasteiger partial charge is 0.433 e. The van der Waals surface area contributed by atoms with Gasteiger partial charge in [0.25, 0.3) is 0 Å². The molecule has 1 aromatic carbocycles. The molecule has 6 nitrogen and oxygen atoms in total. The molecular formula is C22H16F4N4O2. The SMILES string of the molecule is NC(=NO)C1(c2nc(-c3ccoc3)cc(C(F)(F)F)n2)CC(c2ccccc2)=CC=C1F. The Labute approximate surface area is 179 Å². The van der Waals surface area contributed by atoms with Crippen LogP contribution in [0.2, 0.25) is 0 Å². The number of hydrogen-bond acceptors (Lipinski definition) is 5. The van der Waals surface area contributed by atoms with E-state index in [1.54, 1.807) is 30.3 Å². The quantitative estimate of drug-likeness (QED) is 0.192. The highest BCUT2D eigenvalue weighted by Gasteiger charge is 2.48. The van der Waals surface area contributed by atoms with Crippen molar-refractivity contribution in [2.24, 2.45) is 10.9 Å². The van der Waals surface area contributed by atoms with E-state index < -0.39 is 34.8 Å². The molecule has 2 aromatic heterocycles. The maximum Gasteiger partial charge on any atom is 0.433 e. The number of hydrogen-bond donors (Lipinski definition) is 2. The number of alkyl halides is 3. The molecule has 0 fully saturated rings. The van der Waals surface area contributed by atoms with Gasteiger partial charge in [-0.1, -0.05) is 41.6 Å². The van der Waals surface area contributed by atoms with Crippen LogP contribution in [-0.2, 0) is 11.6 Å². The third kappa shape index (κ3) is 3.64. The Bertz CT molecular complexity index is 1220. The predicted molar refractivity (Wildman–Crippen MR) is 108 cm³/mol. The number of rotatable bonds is 4. The standard InChI is InChI=1S/C22H16F4N4O2/c23-17-7-6-14(13-4-2-1-3-5-13)11-21(17,19(27)30-31)20-28-16(15-8-9-32-12-15)10-18(29-20)22(24,25)26/h1-10,12,31H,11H2,(H2,27,30). The second-order valence-electron chi connectivity index (χ2n) is 7.11. The van der Waals surface area contributed by atoms with Crippen molar-refractivity contribution in [1.29, 1.82) is 0 Å². The highest BCUT2D eigenvalue weighted by atomic mass is 19.4. The van der Waals surface area contributed by atoms with Crippen LogP contribution in [-0.4, -0.2) is 21.0 Å². The van der Waals surface area contributed by atoms with Crippen LogP contribution in [0, 0.1) is 0 Å². The minimum Gasteiger partial charge on any atom is -0.472 e. The molecule has 1 aliphatic carbocycles. The van der Waals surface area contributed by atoms with Crippen molar-refractivity contribution in [3.8, 4) is 11.3 Å². The van der Waals surface area contributed by atoms with Crippen molar-refractivity contribution in [3.63, 3.8) is 0 Å². The maximum absolute atomic E-state index is 15.4. The third-order valence-electron chi connectivity index (χ3n) is 5.20. The molecule has 4 rings (SSSR count). The first-order valence-electron chi connectivity index (χ1n) is 9.35. The normalized spacial score (nSPS) is 19.4. The van der Waals surface area contributed by atoms with E-state index >= 15 is 4.39 Å². The number of benzene rings is 1. The van der Waals surface area contributed by atoms with Gasteiger partial charge in [-0.2, -0.15) is 13.2 Å². The van der Waals surface area contributed by atoms with E-state index in [1.165, 1.54) is 24.7 Å². The molecule has 1 aliphatic rings. The lowest BCUT2D eigenvalue weighted by molar-refractivity contribution is -0.141. The van der Waals surface area contributed by atoms with Gasteiger partial charge in [-0.3, -0.25) is 0 Å². The van der Waals surface area contributed by atoms with E-state index in [4.69, 9.17) is 10.2 Å². The van der Waals surface area contributed by atoms with E-state index in [2.05, 4.69) is 15.1 Å². The van der Waals surface area contributed by atoms with Crippen LogP contribution in [0.25, 0.3) is 16.8 Å². The number of amidine groups is 1. The average Bonchev–Trinajstić information content (AvgIpc) is 3.34. The van der Waals surface area contributed by atoms with Gasteiger partial charge in [0.1, 0.15) is 16.9 Å². The summed E-state index contributed by atoms with van der Waals surface area (Å²) in [6.45, 7) is 0. The number of allylic oxidation sites excluding steroid dienone is 3. The van der Waals surface area contributed by atoms with E-state index in [-0.39, 0.29) is 17.7 Å². The molecule has 164 valence electrons. The largest absolute Gasteiger partial charge is 0.472 e. The average molecular weight is 444 g/mol. The predicted octanol–water partition coefficient (Wildman–Crippen LogP) is 5.08. The van der Waals surface area contributed by atoms with Gasteiger partial charge in [-0.15, -0.1) is 0 Å². The molecule has 1 unspecified atom stereocenters. The fraction of sp³-hybridized carbons (Fsp3) is 0.136. The molecule has 0 aliphatic heterocycles. The van der Waals surface area contributed by atoms with Crippen LogP contribution in [0.1, 0.15) is 23.5 Å². The summed E-state index contributed by atoms with van der Waals surface area (Å²) in [5.41, 5.74) is 3.76. The molecule has 0 amide bonds. The Hall–Kier alpha value is -3.95. The van der Waals surface area contributed by atoms with Gasteiger partial charge in [0.15, 0.2) is 11.7 Å². The monoisotopic (exact) mass is 444 g/mol. The zero-order valence-corrected chi connectivity index (χ0v) is 16.3. The zero-order chi connectivity index (χ0) is 22.9. The van der Waals surface area contributed by atoms with E-state index in [0.717, 1.165) is 12.1 Å². The lowest BCUT2D eigenvalue weighted by Crippen LogP contribution is -2.45. The summed E-state index contributed by atoms with van der Waals surface area (Å²) < 4.78 is 61.3. The lowest BCUT2D eigenvalue weighted by Gasteiger charge is -2.33. The van der Waals surface area contributed by atoms with Crippen LogP contribution >= 0.6 is 0 Å². The molecule has 0 radical (unpaired) electrons. The Kier molecular flexibility index (Phi) is 5.29. The number of nitrogens with two attached hydrogens (primary N) is 1. The summed E-state index contributed by atoms with van der Waals surface area (Å²) in [4.78, 5) is 7.79. The van der Waals surface area contributed by atoms with E-state index in [9.17, 15) is 18.4 Å². The first-order valence-corrected chi connectivity index (χ1v) is 9.35. The van der Waals surface area contributed by atoms with Crippen LogP contribution < -0.4 is 5.73 Å². The molecule has 0 bridgehead atoms. The van der Waals surface area contributed by atoms with Crippen molar-refractivity contribution in [2.75, 3.05) is 0 Å². The Morgan fingerprint density at radius 3 is 2.47 bits per heavy atom. The van der Waals surface area contributed by atoms with Crippen LogP contribution in [0.3, 0.4) is 0 Å². The zero-order valence-electron chi connectivity index (χ0n) is 16.3. The van der Waals surface area contributed by atoms with Crippen molar-refractivity contribution in [1.82, 2.24) is 9.97 Å². The Morgan fingerprint density at radius 2 is 1.84 bits per heavy atom. The first-order chi connectivity index (χ1) is 15.3. The second-order valence-corrected chi connectivity index (χ2v) is 7.11. The number of halogens is 4. The summed E-state index contributed by atoms with van der Waals surface area (Å²) in [5.74, 6) is -2.22. The fourth-order valence-corrected chi connectivity index (χ4v) is 3.54. The molecule has 3 N–H and O–H groups in total. The third-order valence-corrected chi connectivity index (χ3v) is 5.20. The number of aromatic nitrogens is 2. The van der Waals surface area contributed by atoms with Gasteiger partial charge in [0.2, 0.25) is 0 Å². The molecule has 1 atom stereocenters. The van der Waals surface area contributed by atoms with Crippen molar-refractivity contribution in [3.05, 3.63) is 90.1 Å². The molecule has 2 heterocycles. The molecule has 0 saturated carbocycles. The molecule has 32 heavy (non-hydrogen) atoms. The van der Waals surface area contributed by atoms with Crippen LogP contribution in [0.5, 0.6) is 0 Å². The summed E-state index contributed by atoms with van der Waals surface area (Å²) in [5, 5.41) is 12.4. The molecule has 10 heteroatoms. The summed E-state index contributed by atoms with van der Waals surface area (Å²) in [7, 11) is 0. The summed E-state index contributed by atoms with van der Waals surface area (Å²) in [6.07, 6.45) is -0.105. The van der Waals surface area contributed by atoms with Gasteiger partial charge in [0.05, 0.1) is 18.2 Å². The molecule has 0 saturated heterocycles. The molecule has 0 spiro atoms. The van der Waals surface area contributed by atoms with Gasteiger partial charge in [-0.05, 0) is 35.8 Å². The summed E-state index contributed by atoms with van der Waals surface area (Å²) >= 11 is 0. The van der Waals surface area contributed by atoms with Crippen molar-refractivity contribution < 1.29 is 27.2 Å². The van der Waals surface area contributed by atoms with Crippen molar-refractivity contribution in [2.45, 2.75) is 18.0 Å². The number of nitrogens with zero attached hydrogens (tertiary/aromatic N) is 3. The molecular weight excluding hydrogens is 428 g/mol. The van der Waals surface area contributed by atoms with Crippen LogP contribution in [0.4, 0.5) is 17.6 Å². The highest BCUT2D eigenvalue weighted by molar-refractivity contribution is 5.96. The second kappa shape index (κ2) is 7.95.